The fourth-order valence-corrected chi connectivity index (χ4v) is 2.93. The van der Waals surface area contributed by atoms with Gasteiger partial charge in [0.15, 0.2) is 0 Å². The Kier molecular flexibility index (Phi) is 4.22. The van der Waals surface area contributed by atoms with E-state index in [0.29, 0.717) is 13.0 Å². The van der Waals surface area contributed by atoms with Crippen LogP contribution >= 0.6 is 0 Å². The minimum absolute atomic E-state index is 0.0489. The number of hydrogen-bond acceptors (Lipinski definition) is 3. The molecule has 0 unspecified atom stereocenters. The van der Waals surface area contributed by atoms with Gasteiger partial charge >= 0.3 is 5.97 Å². The van der Waals surface area contributed by atoms with Gasteiger partial charge in [-0.15, -0.1) is 0 Å². The summed E-state index contributed by atoms with van der Waals surface area (Å²) in [6.45, 7) is 0.291. The summed E-state index contributed by atoms with van der Waals surface area (Å²) >= 11 is 0. The summed E-state index contributed by atoms with van der Waals surface area (Å²) in [5, 5.41) is 18.0. The van der Waals surface area contributed by atoms with Crippen molar-refractivity contribution in [1.29, 1.82) is 0 Å². The lowest BCUT2D eigenvalue weighted by Gasteiger charge is -2.34. The van der Waals surface area contributed by atoms with Crippen LogP contribution in [0.4, 0.5) is 0 Å². The Morgan fingerprint density at radius 1 is 1.11 bits per heavy atom. The number of carboxylic acids is 1. The van der Waals surface area contributed by atoms with Gasteiger partial charge in [-0.05, 0) is 19.3 Å². The van der Waals surface area contributed by atoms with Crippen LogP contribution in [0.25, 0.3) is 0 Å². The maximum Gasteiger partial charge on any atom is 0.307 e. The zero-order valence-electron chi connectivity index (χ0n) is 10.5. The van der Waals surface area contributed by atoms with E-state index in [1.165, 1.54) is 6.42 Å². The average molecular weight is 255 g/mol. The Labute approximate surface area is 107 Å². The van der Waals surface area contributed by atoms with Crippen LogP contribution in [0.5, 0.6) is 0 Å². The lowest BCUT2D eigenvalue weighted by atomic mass is 9.94. The standard InChI is InChI=1S/C13H21NO4/c15-7-6-14(9-4-2-1-3-5-9)12(16)10-8-11(10)13(17)18/h9-11,15H,1-8H2,(H,17,18)/t10-,11+/m1/s1. The van der Waals surface area contributed by atoms with Crippen molar-refractivity contribution in [3.05, 3.63) is 0 Å². The molecule has 0 aromatic rings. The Bertz CT molecular complexity index is 325. The number of carbonyl (C=O) groups excluding carboxylic acids is 1. The summed E-state index contributed by atoms with van der Waals surface area (Å²) in [5.41, 5.74) is 0. The van der Waals surface area contributed by atoms with Gasteiger partial charge in [0, 0.05) is 12.6 Å². The minimum Gasteiger partial charge on any atom is -0.481 e. The van der Waals surface area contributed by atoms with E-state index in [0.717, 1.165) is 25.7 Å². The Balaban J connectivity index is 1.96. The molecule has 0 aromatic carbocycles. The van der Waals surface area contributed by atoms with Crippen LogP contribution in [-0.4, -0.2) is 46.2 Å². The number of rotatable bonds is 5. The van der Waals surface area contributed by atoms with Crippen molar-refractivity contribution in [3.8, 4) is 0 Å². The fraction of sp³-hybridized carbons (Fsp3) is 0.846. The number of aliphatic hydroxyl groups excluding tert-OH is 1. The summed E-state index contributed by atoms with van der Waals surface area (Å²) in [6.07, 6.45) is 5.87. The zero-order chi connectivity index (χ0) is 13.1. The highest BCUT2D eigenvalue weighted by molar-refractivity contribution is 5.89. The van der Waals surface area contributed by atoms with Crippen LogP contribution in [0.3, 0.4) is 0 Å². The first-order valence-corrected chi connectivity index (χ1v) is 6.79. The molecular weight excluding hydrogens is 234 g/mol. The number of hydrogen-bond donors (Lipinski definition) is 2. The Morgan fingerprint density at radius 2 is 1.78 bits per heavy atom. The average Bonchev–Trinajstić information content (AvgIpc) is 3.16. The molecule has 2 fully saturated rings. The molecule has 5 nitrogen and oxygen atoms in total. The normalized spacial score (nSPS) is 27.8. The lowest BCUT2D eigenvalue weighted by Crippen LogP contribution is -2.44. The first-order chi connectivity index (χ1) is 8.65. The molecule has 5 heteroatoms. The van der Waals surface area contributed by atoms with Crippen molar-refractivity contribution in [1.82, 2.24) is 4.90 Å². The smallest absolute Gasteiger partial charge is 0.307 e. The topological polar surface area (TPSA) is 77.8 Å². The third-order valence-electron chi connectivity index (χ3n) is 4.06. The molecule has 0 saturated heterocycles. The highest BCUT2D eigenvalue weighted by Gasteiger charge is 2.50. The lowest BCUT2D eigenvalue weighted by molar-refractivity contribution is -0.143. The van der Waals surface area contributed by atoms with Crippen LogP contribution in [0.2, 0.25) is 0 Å². The van der Waals surface area contributed by atoms with Gasteiger partial charge in [0.25, 0.3) is 0 Å². The molecule has 2 rings (SSSR count). The molecule has 2 N–H and O–H groups in total. The quantitative estimate of drug-likeness (QED) is 0.764. The summed E-state index contributed by atoms with van der Waals surface area (Å²) in [4.78, 5) is 24.8. The molecular formula is C13H21NO4. The molecule has 1 amide bonds. The van der Waals surface area contributed by atoms with Crippen molar-refractivity contribution in [2.24, 2.45) is 11.8 Å². The predicted molar refractivity (Wildman–Crippen MR) is 64.9 cm³/mol. The Morgan fingerprint density at radius 3 is 2.28 bits per heavy atom. The summed E-state index contributed by atoms with van der Waals surface area (Å²) < 4.78 is 0. The summed E-state index contributed by atoms with van der Waals surface area (Å²) in [6, 6.07) is 0.202. The molecule has 2 atom stereocenters. The summed E-state index contributed by atoms with van der Waals surface area (Å²) in [7, 11) is 0. The van der Waals surface area contributed by atoms with Gasteiger partial charge in [0.1, 0.15) is 0 Å². The number of carboxylic acid groups (broad SMARTS) is 1. The van der Waals surface area contributed by atoms with Crippen molar-refractivity contribution in [2.45, 2.75) is 44.6 Å². The Hall–Kier alpha value is -1.10. The van der Waals surface area contributed by atoms with Gasteiger partial charge in [-0.2, -0.15) is 0 Å². The second kappa shape index (κ2) is 5.69. The maximum absolute atomic E-state index is 12.3. The molecule has 102 valence electrons. The maximum atomic E-state index is 12.3. The highest BCUT2D eigenvalue weighted by Crippen LogP contribution is 2.41. The van der Waals surface area contributed by atoms with E-state index in [-0.39, 0.29) is 24.5 Å². The third-order valence-corrected chi connectivity index (χ3v) is 4.06. The fourth-order valence-electron chi connectivity index (χ4n) is 2.93. The molecule has 2 aliphatic carbocycles. The molecule has 0 radical (unpaired) electrons. The van der Waals surface area contributed by atoms with Gasteiger partial charge in [-0.25, -0.2) is 0 Å². The summed E-state index contributed by atoms with van der Waals surface area (Å²) in [5.74, 6) is -1.79. The van der Waals surface area contributed by atoms with Gasteiger partial charge < -0.3 is 15.1 Å². The SMILES string of the molecule is O=C(O)[C@H]1C[C@H]1C(=O)N(CCO)C1CCCCC1. The number of aliphatic hydroxyl groups is 1. The predicted octanol–water partition coefficient (Wildman–Crippen LogP) is 0.861. The monoisotopic (exact) mass is 255 g/mol. The van der Waals surface area contributed by atoms with Crippen LogP contribution < -0.4 is 0 Å². The van der Waals surface area contributed by atoms with Gasteiger partial charge in [0.05, 0.1) is 18.4 Å². The van der Waals surface area contributed by atoms with E-state index in [9.17, 15) is 9.59 Å². The van der Waals surface area contributed by atoms with Crippen molar-refractivity contribution < 1.29 is 19.8 Å². The molecule has 2 saturated carbocycles. The zero-order valence-corrected chi connectivity index (χ0v) is 10.5. The second-order valence-electron chi connectivity index (χ2n) is 5.33. The van der Waals surface area contributed by atoms with Crippen LogP contribution in [0.1, 0.15) is 38.5 Å². The van der Waals surface area contributed by atoms with Gasteiger partial charge in [-0.1, -0.05) is 19.3 Å². The first-order valence-electron chi connectivity index (χ1n) is 6.79. The van der Waals surface area contributed by atoms with E-state index < -0.39 is 11.9 Å². The van der Waals surface area contributed by atoms with E-state index >= 15 is 0 Å². The molecule has 0 spiro atoms. The van der Waals surface area contributed by atoms with Crippen molar-refractivity contribution in [2.75, 3.05) is 13.2 Å². The molecule has 2 aliphatic rings. The number of amides is 1. The van der Waals surface area contributed by atoms with Crippen LogP contribution in [0.15, 0.2) is 0 Å². The molecule has 0 heterocycles. The van der Waals surface area contributed by atoms with E-state index in [4.69, 9.17) is 10.2 Å². The first kappa shape index (κ1) is 13.3. The van der Waals surface area contributed by atoms with Gasteiger partial charge in [0.2, 0.25) is 5.91 Å². The number of aliphatic carboxylic acids is 1. The van der Waals surface area contributed by atoms with E-state index in [1.54, 1.807) is 4.90 Å². The molecule has 0 aromatic heterocycles. The third kappa shape index (κ3) is 2.83. The largest absolute Gasteiger partial charge is 0.481 e. The number of carbonyl (C=O) groups is 2. The molecule has 0 aliphatic heterocycles. The van der Waals surface area contributed by atoms with Crippen LogP contribution in [-0.2, 0) is 9.59 Å². The van der Waals surface area contributed by atoms with Crippen molar-refractivity contribution >= 4 is 11.9 Å². The van der Waals surface area contributed by atoms with Gasteiger partial charge in [-0.3, -0.25) is 9.59 Å². The number of nitrogens with zero attached hydrogens (tertiary/aromatic N) is 1. The van der Waals surface area contributed by atoms with Crippen molar-refractivity contribution in [3.63, 3.8) is 0 Å². The molecule has 18 heavy (non-hydrogen) atoms. The van der Waals surface area contributed by atoms with Crippen LogP contribution in [0, 0.1) is 11.8 Å². The molecule has 0 bridgehead atoms. The minimum atomic E-state index is -0.874. The second-order valence-corrected chi connectivity index (χ2v) is 5.33. The van der Waals surface area contributed by atoms with E-state index in [2.05, 4.69) is 0 Å². The highest BCUT2D eigenvalue weighted by atomic mass is 16.4. The van der Waals surface area contributed by atoms with E-state index in [1.807, 2.05) is 0 Å².